The van der Waals surface area contributed by atoms with Crippen LogP contribution in [0.5, 0.6) is 5.75 Å². The number of nitrogens with zero attached hydrogens (tertiary/aromatic N) is 2. The van der Waals surface area contributed by atoms with Gasteiger partial charge in [-0.2, -0.15) is 5.10 Å². The first-order chi connectivity index (χ1) is 13.9. The van der Waals surface area contributed by atoms with Gasteiger partial charge in [-0.05, 0) is 35.9 Å². The summed E-state index contributed by atoms with van der Waals surface area (Å²) in [4.78, 5) is 24.4. The molecule has 0 bridgehead atoms. The highest BCUT2D eigenvalue weighted by Crippen LogP contribution is 2.28. The molecular formula is C20H17BrClN3O4. The van der Waals surface area contributed by atoms with Gasteiger partial charge in [0.25, 0.3) is 5.91 Å². The van der Waals surface area contributed by atoms with E-state index in [1.165, 1.54) is 18.0 Å². The number of nitrogens with one attached hydrogen (secondary N) is 1. The van der Waals surface area contributed by atoms with E-state index in [1.807, 2.05) is 6.07 Å². The minimum atomic E-state index is -0.584. The molecule has 0 spiro atoms. The van der Waals surface area contributed by atoms with Gasteiger partial charge in [0.15, 0.2) is 5.69 Å². The van der Waals surface area contributed by atoms with Gasteiger partial charge in [-0.15, -0.1) is 0 Å². The Morgan fingerprint density at radius 1 is 1.21 bits per heavy atom. The number of amides is 1. The van der Waals surface area contributed by atoms with Crippen LogP contribution in [0.2, 0.25) is 5.02 Å². The molecule has 0 aliphatic carbocycles. The highest BCUT2D eigenvalue weighted by atomic mass is 79.9. The summed E-state index contributed by atoms with van der Waals surface area (Å²) in [5, 5.41) is 7.17. The summed E-state index contributed by atoms with van der Waals surface area (Å²) in [6, 6.07) is 12.3. The zero-order valence-electron chi connectivity index (χ0n) is 15.6. The lowest BCUT2D eigenvalue weighted by molar-refractivity contribution is 0.0589. The first-order valence-corrected chi connectivity index (χ1v) is 9.64. The summed E-state index contributed by atoms with van der Waals surface area (Å²) in [7, 11) is 2.86. The van der Waals surface area contributed by atoms with E-state index >= 15 is 0 Å². The second kappa shape index (κ2) is 9.11. The van der Waals surface area contributed by atoms with Crippen molar-refractivity contribution in [3.05, 3.63) is 75.0 Å². The Labute approximate surface area is 180 Å². The summed E-state index contributed by atoms with van der Waals surface area (Å²) in [5.41, 5.74) is 1.74. The summed E-state index contributed by atoms with van der Waals surface area (Å²) in [6.45, 7) is 0.304. The van der Waals surface area contributed by atoms with Crippen LogP contribution >= 0.6 is 27.5 Å². The standard InChI is InChI=1S/C20H17BrClN3O4/c1-25-18(20(27)28-2)16(10-23-25)24-19(26)13-5-3-12(4-6-13)11-29-17-8-7-14(21)9-15(17)22/h3-10H,11H2,1-2H3,(H,24,26). The summed E-state index contributed by atoms with van der Waals surface area (Å²) >= 11 is 9.49. The second-order valence-electron chi connectivity index (χ2n) is 6.04. The molecule has 1 heterocycles. The minimum absolute atomic E-state index is 0.164. The van der Waals surface area contributed by atoms with Gasteiger partial charge in [-0.3, -0.25) is 9.48 Å². The van der Waals surface area contributed by atoms with Crippen molar-refractivity contribution in [2.75, 3.05) is 12.4 Å². The van der Waals surface area contributed by atoms with Crippen molar-refractivity contribution in [2.24, 2.45) is 7.05 Å². The zero-order valence-corrected chi connectivity index (χ0v) is 18.0. The Morgan fingerprint density at radius 3 is 2.59 bits per heavy atom. The SMILES string of the molecule is COC(=O)c1c(NC(=O)c2ccc(COc3ccc(Br)cc3Cl)cc2)cnn1C. The van der Waals surface area contributed by atoms with E-state index < -0.39 is 5.97 Å². The molecule has 1 amide bonds. The van der Waals surface area contributed by atoms with Crippen LogP contribution in [0.3, 0.4) is 0 Å². The molecule has 0 saturated carbocycles. The molecule has 3 aromatic rings. The Bertz CT molecular complexity index is 1050. The molecule has 0 saturated heterocycles. The fourth-order valence-corrected chi connectivity index (χ4v) is 3.30. The average molecular weight is 479 g/mol. The van der Waals surface area contributed by atoms with Crippen LogP contribution in [-0.2, 0) is 18.4 Å². The fraction of sp³-hybridized carbons (Fsp3) is 0.150. The zero-order chi connectivity index (χ0) is 21.0. The van der Waals surface area contributed by atoms with Gasteiger partial charge in [-0.25, -0.2) is 4.79 Å². The second-order valence-corrected chi connectivity index (χ2v) is 7.36. The van der Waals surface area contributed by atoms with Crippen LogP contribution < -0.4 is 10.1 Å². The molecule has 7 nitrogen and oxygen atoms in total. The third-order valence-electron chi connectivity index (χ3n) is 4.07. The van der Waals surface area contributed by atoms with Crippen molar-refractivity contribution < 1.29 is 19.1 Å². The van der Waals surface area contributed by atoms with Crippen molar-refractivity contribution in [3.63, 3.8) is 0 Å². The Hall–Kier alpha value is -2.84. The lowest BCUT2D eigenvalue weighted by atomic mass is 10.1. The van der Waals surface area contributed by atoms with Crippen LogP contribution in [0.1, 0.15) is 26.4 Å². The molecule has 150 valence electrons. The maximum atomic E-state index is 12.5. The molecule has 0 unspecified atom stereocenters. The monoisotopic (exact) mass is 477 g/mol. The Morgan fingerprint density at radius 2 is 1.93 bits per heavy atom. The van der Waals surface area contributed by atoms with E-state index in [0.29, 0.717) is 22.9 Å². The molecule has 3 rings (SSSR count). The molecule has 0 radical (unpaired) electrons. The maximum Gasteiger partial charge on any atom is 0.358 e. The summed E-state index contributed by atoms with van der Waals surface area (Å²) in [6.07, 6.45) is 1.40. The normalized spacial score (nSPS) is 10.5. The number of ether oxygens (including phenoxy) is 2. The molecule has 9 heteroatoms. The lowest BCUT2D eigenvalue weighted by Crippen LogP contribution is -2.16. The number of carbonyl (C=O) groups is 2. The van der Waals surface area contributed by atoms with E-state index in [0.717, 1.165) is 10.0 Å². The van der Waals surface area contributed by atoms with Gasteiger partial charge in [0.1, 0.15) is 12.4 Å². The quantitative estimate of drug-likeness (QED) is 0.529. The minimum Gasteiger partial charge on any atom is -0.487 e. The molecular weight excluding hydrogens is 462 g/mol. The Balaban J connectivity index is 1.65. The number of halogens is 2. The number of hydrogen-bond acceptors (Lipinski definition) is 5. The maximum absolute atomic E-state index is 12.5. The number of rotatable bonds is 6. The third kappa shape index (κ3) is 4.96. The molecule has 1 N–H and O–H groups in total. The molecule has 2 aromatic carbocycles. The predicted molar refractivity (Wildman–Crippen MR) is 112 cm³/mol. The number of anilines is 1. The lowest BCUT2D eigenvalue weighted by Gasteiger charge is -2.09. The molecule has 0 atom stereocenters. The first-order valence-electron chi connectivity index (χ1n) is 8.47. The van der Waals surface area contributed by atoms with Crippen LogP contribution in [0.25, 0.3) is 0 Å². The number of carbonyl (C=O) groups excluding carboxylic acids is 2. The first kappa shape index (κ1) is 20.9. The number of aromatic nitrogens is 2. The van der Waals surface area contributed by atoms with Gasteiger partial charge in [0, 0.05) is 17.1 Å². The van der Waals surface area contributed by atoms with E-state index in [4.69, 9.17) is 21.1 Å². The van der Waals surface area contributed by atoms with Crippen LogP contribution in [0.15, 0.2) is 53.1 Å². The molecule has 1 aromatic heterocycles. The van der Waals surface area contributed by atoms with E-state index in [2.05, 4.69) is 26.3 Å². The van der Waals surface area contributed by atoms with Crippen LogP contribution in [0.4, 0.5) is 5.69 Å². The van der Waals surface area contributed by atoms with Gasteiger partial charge >= 0.3 is 5.97 Å². The van der Waals surface area contributed by atoms with Gasteiger partial charge in [0.05, 0.1) is 24.0 Å². The predicted octanol–water partition coefficient (Wildman–Crippen LogP) is 4.45. The molecule has 0 aliphatic rings. The van der Waals surface area contributed by atoms with Gasteiger partial charge in [-0.1, -0.05) is 39.7 Å². The number of hydrogen-bond donors (Lipinski definition) is 1. The average Bonchev–Trinajstić information content (AvgIpc) is 3.07. The fourth-order valence-electron chi connectivity index (χ4n) is 2.57. The largest absolute Gasteiger partial charge is 0.487 e. The molecule has 0 fully saturated rings. The Kier molecular flexibility index (Phi) is 6.56. The number of aryl methyl sites for hydroxylation is 1. The topological polar surface area (TPSA) is 82.4 Å². The van der Waals surface area contributed by atoms with Crippen molar-refractivity contribution in [1.29, 1.82) is 0 Å². The smallest absolute Gasteiger partial charge is 0.358 e. The van der Waals surface area contributed by atoms with E-state index in [9.17, 15) is 9.59 Å². The van der Waals surface area contributed by atoms with Gasteiger partial charge in [0.2, 0.25) is 0 Å². The number of methoxy groups -OCH3 is 1. The van der Waals surface area contributed by atoms with Crippen LogP contribution in [0, 0.1) is 0 Å². The molecule has 0 aliphatic heterocycles. The van der Waals surface area contributed by atoms with E-state index in [-0.39, 0.29) is 17.3 Å². The van der Waals surface area contributed by atoms with E-state index in [1.54, 1.807) is 43.4 Å². The summed E-state index contributed by atoms with van der Waals surface area (Å²) in [5.74, 6) is -0.380. The number of benzene rings is 2. The van der Waals surface area contributed by atoms with Crippen molar-refractivity contribution >= 4 is 45.1 Å². The number of esters is 1. The highest BCUT2D eigenvalue weighted by molar-refractivity contribution is 9.10. The van der Waals surface area contributed by atoms with Gasteiger partial charge < -0.3 is 14.8 Å². The van der Waals surface area contributed by atoms with Crippen LogP contribution in [-0.4, -0.2) is 28.8 Å². The van der Waals surface area contributed by atoms with Crippen molar-refractivity contribution in [3.8, 4) is 5.75 Å². The van der Waals surface area contributed by atoms with Crippen molar-refractivity contribution in [1.82, 2.24) is 9.78 Å². The molecule has 29 heavy (non-hydrogen) atoms. The summed E-state index contributed by atoms with van der Waals surface area (Å²) < 4.78 is 12.6. The highest BCUT2D eigenvalue weighted by Gasteiger charge is 2.19. The third-order valence-corrected chi connectivity index (χ3v) is 4.86. The van der Waals surface area contributed by atoms with Crippen molar-refractivity contribution in [2.45, 2.75) is 6.61 Å².